The summed E-state index contributed by atoms with van der Waals surface area (Å²) in [5.74, 6) is 0.437. The maximum atomic E-state index is 13.2. The highest BCUT2D eigenvalue weighted by Gasteiger charge is 2.54. The Bertz CT molecular complexity index is 475. The second-order valence-corrected chi connectivity index (χ2v) is 6.63. The summed E-state index contributed by atoms with van der Waals surface area (Å²) < 4.78 is 43.6. The third kappa shape index (κ3) is 2.69. The first-order valence-electron chi connectivity index (χ1n) is 6.91. The molecule has 118 valence electrons. The summed E-state index contributed by atoms with van der Waals surface area (Å²) in [7, 11) is 0.749. The lowest BCUT2D eigenvalue weighted by molar-refractivity contribution is 0.00578. The van der Waals surface area contributed by atoms with E-state index in [-0.39, 0.29) is 0 Å². The minimum Gasteiger partial charge on any atom is -0.496 e. The van der Waals surface area contributed by atoms with Gasteiger partial charge in [-0.1, -0.05) is 6.08 Å². The zero-order valence-electron chi connectivity index (χ0n) is 13.3. The molecular weight excluding hydrogens is 279 g/mol. The van der Waals surface area contributed by atoms with E-state index < -0.39 is 30.3 Å². The smallest absolute Gasteiger partial charge is 0.496 e. The molecule has 0 aliphatic carbocycles. The minimum atomic E-state index is -2.57. The molecular formula is C14H22BF2NO3. The topological polar surface area (TPSA) is 39.7 Å². The molecule has 1 N–H and O–H groups in total. The Morgan fingerprint density at radius 2 is 1.67 bits per heavy atom. The van der Waals surface area contributed by atoms with Gasteiger partial charge in [-0.2, -0.15) is 0 Å². The molecule has 7 heteroatoms. The quantitative estimate of drug-likeness (QED) is 0.814. The van der Waals surface area contributed by atoms with Gasteiger partial charge in [-0.3, -0.25) is 0 Å². The number of hydrogen-bond acceptors (Lipinski definition) is 4. The van der Waals surface area contributed by atoms with Gasteiger partial charge in [0.2, 0.25) is 0 Å². The molecule has 0 aromatic carbocycles. The number of allylic oxidation sites excluding steroid dienone is 1. The van der Waals surface area contributed by atoms with Crippen LogP contribution in [0.15, 0.2) is 23.5 Å². The number of rotatable bonds is 3. The second kappa shape index (κ2) is 4.99. The van der Waals surface area contributed by atoms with Crippen molar-refractivity contribution in [3.63, 3.8) is 0 Å². The van der Waals surface area contributed by atoms with Gasteiger partial charge in [0.05, 0.1) is 18.3 Å². The average Bonchev–Trinajstić information content (AvgIpc) is 2.58. The summed E-state index contributed by atoms with van der Waals surface area (Å²) in [5, 5.41) is 2.67. The number of hydrogen-bond donors (Lipinski definition) is 1. The molecule has 21 heavy (non-hydrogen) atoms. The van der Waals surface area contributed by atoms with E-state index in [0.717, 1.165) is 0 Å². The highest BCUT2D eigenvalue weighted by molar-refractivity contribution is 6.56. The summed E-state index contributed by atoms with van der Waals surface area (Å²) in [6, 6.07) is 0. The fourth-order valence-corrected chi connectivity index (χ4v) is 2.20. The van der Waals surface area contributed by atoms with Crippen LogP contribution >= 0.6 is 0 Å². The van der Waals surface area contributed by atoms with Crippen LogP contribution in [0.1, 0.15) is 34.6 Å². The van der Waals surface area contributed by atoms with Crippen LogP contribution in [0.2, 0.25) is 0 Å². The van der Waals surface area contributed by atoms with Gasteiger partial charge in [-0.25, -0.2) is 8.78 Å². The Balaban J connectivity index is 2.36. The molecule has 1 saturated heterocycles. The molecule has 0 saturated carbocycles. The van der Waals surface area contributed by atoms with E-state index in [1.807, 2.05) is 27.7 Å². The third-order valence-corrected chi connectivity index (χ3v) is 4.43. The summed E-state index contributed by atoms with van der Waals surface area (Å²) in [6.07, 6.45) is 0.301. The number of dihydropyridines is 1. The monoisotopic (exact) mass is 301 g/mol. The van der Waals surface area contributed by atoms with E-state index in [4.69, 9.17) is 14.0 Å². The van der Waals surface area contributed by atoms with E-state index in [0.29, 0.717) is 11.2 Å². The lowest BCUT2D eigenvalue weighted by Crippen LogP contribution is -2.48. The SMILES string of the molecule is COC1=CNC(C)(C(F)F)C=C1B1OC(C)(C)C(C)(C)O1. The van der Waals surface area contributed by atoms with Gasteiger partial charge in [0, 0.05) is 11.7 Å². The van der Waals surface area contributed by atoms with Crippen molar-refractivity contribution in [2.45, 2.75) is 57.8 Å². The van der Waals surface area contributed by atoms with Crippen molar-refractivity contribution >= 4 is 7.12 Å². The van der Waals surface area contributed by atoms with Crippen LogP contribution in [0.3, 0.4) is 0 Å². The van der Waals surface area contributed by atoms with Gasteiger partial charge in [0.25, 0.3) is 6.43 Å². The number of alkyl halides is 2. The van der Waals surface area contributed by atoms with Gasteiger partial charge < -0.3 is 19.4 Å². The molecule has 2 aliphatic heterocycles. The highest BCUT2D eigenvalue weighted by atomic mass is 19.3. The van der Waals surface area contributed by atoms with E-state index in [1.54, 1.807) is 0 Å². The highest BCUT2D eigenvalue weighted by Crippen LogP contribution is 2.41. The lowest BCUT2D eigenvalue weighted by Gasteiger charge is -2.32. The van der Waals surface area contributed by atoms with E-state index in [1.165, 1.54) is 26.3 Å². The number of halogens is 2. The van der Waals surface area contributed by atoms with Crippen LogP contribution in [0.4, 0.5) is 8.78 Å². The Kier molecular flexibility index (Phi) is 3.87. The van der Waals surface area contributed by atoms with Gasteiger partial charge in [-0.15, -0.1) is 0 Å². The first-order chi connectivity index (χ1) is 9.52. The predicted molar refractivity (Wildman–Crippen MR) is 76.8 cm³/mol. The standard InChI is InChI=1S/C14H22BF2NO3/c1-12(2)13(3,4)21-15(20-12)9-7-14(5,11(16)17)18-8-10(9)19-6/h7-8,11,18H,1-6H3. The lowest BCUT2D eigenvalue weighted by atomic mass is 9.73. The summed E-state index contributed by atoms with van der Waals surface area (Å²) >= 11 is 0. The van der Waals surface area contributed by atoms with Crippen molar-refractivity contribution in [3.05, 3.63) is 23.5 Å². The Morgan fingerprint density at radius 3 is 2.10 bits per heavy atom. The maximum Gasteiger partial charge on any atom is 0.498 e. The van der Waals surface area contributed by atoms with Crippen LogP contribution in [0.5, 0.6) is 0 Å². The normalized spacial score (nSPS) is 30.8. The molecule has 0 radical (unpaired) electrons. The zero-order chi connectivity index (χ0) is 16.1. The summed E-state index contributed by atoms with van der Waals surface area (Å²) in [5.41, 5.74) is -2.06. The Labute approximate surface area is 124 Å². The molecule has 1 unspecified atom stereocenters. The van der Waals surface area contributed by atoms with Crippen molar-refractivity contribution in [3.8, 4) is 0 Å². The van der Waals surface area contributed by atoms with Gasteiger partial charge in [0.1, 0.15) is 11.3 Å². The van der Waals surface area contributed by atoms with Gasteiger partial charge in [-0.05, 0) is 34.6 Å². The zero-order valence-corrected chi connectivity index (χ0v) is 13.3. The van der Waals surface area contributed by atoms with Crippen LogP contribution < -0.4 is 5.32 Å². The van der Waals surface area contributed by atoms with E-state index in [9.17, 15) is 8.78 Å². The van der Waals surface area contributed by atoms with Gasteiger partial charge in [0.15, 0.2) is 0 Å². The molecule has 0 amide bonds. The second-order valence-electron chi connectivity index (χ2n) is 6.63. The molecule has 1 atom stereocenters. The fourth-order valence-electron chi connectivity index (χ4n) is 2.20. The van der Waals surface area contributed by atoms with Crippen LogP contribution in [-0.2, 0) is 14.0 Å². The van der Waals surface area contributed by atoms with Crippen molar-refractivity contribution in [1.29, 1.82) is 0 Å². The molecule has 0 aromatic rings. The van der Waals surface area contributed by atoms with Crippen molar-refractivity contribution in [2.75, 3.05) is 7.11 Å². The molecule has 1 fully saturated rings. The molecule has 2 rings (SSSR count). The van der Waals surface area contributed by atoms with Crippen molar-refractivity contribution in [1.82, 2.24) is 5.32 Å². The molecule has 0 bridgehead atoms. The number of nitrogens with one attached hydrogen (secondary N) is 1. The number of methoxy groups -OCH3 is 1. The predicted octanol–water partition coefficient (Wildman–Crippen LogP) is 2.66. The van der Waals surface area contributed by atoms with Gasteiger partial charge >= 0.3 is 7.12 Å². The first-order valence-corrected chi connectivity index (χ1v) is 6.91. The Morgan fingerprint density at radius 1 is 1.14 bits per heavy atom. The van der Waals surface area contributed by atoms with E-state index in [2.05, 4.69) is 5.32 Å². The minimum absolute atomic E-state index is 0.437. The maximum absolute atomic E-state index is 13.2. The Hall–Kier alpha value is -1.08. The molecule has 4 nitrogen and oxygen atoms in total. The van der Waals surface area contributed by atoms with Crippen molar-refractivity contribution < 1.29 is 22.8 Å². The van der Waals surface area contributed by atoms with Crippen LogP contribution in [-0.4, -0.2) is 37.4 Å². The van der Waals surface area contributed by atoms with E-state index >= 15 is 0 Å². The van der Waals surface area contributed by atoms with Crippen LogP contribution in [0.25, 0.3) is 0 Å². The molecule has 0 aromatic heterocycles. The average molecular weight is 301 g/mol. The molecule has 0 spiro atoms. The number of ether oxygens (including phenoxy) is 1. The summed E-state index contributed by atoms with van der Waals surface area (Å²) in [4.78, 5) is 0. The van der Waals surface area contributed by atoms with Crippen LogP contribution in [0, 0.1) is 0 Å². The van der Waals surface area contributed by atoms with Crippen molar-refractivity contribution in [2.24, 2.45) is 0 Å². The molecule has 2 aliphatic rings. The molecule has 2 heterocycles. The largest absolute Gasteiger partial charge is 0.498 e. The third-order valence-electron chi connectivity index (χ3n) is 4.43. The first kappa shape index (κ1) is 16.3. The summed E-state index contributed by atoms with van der Waals surface area (Å²) in [6.45, 7) is 9.08. The fraction of sp³-hybridized carbons (Fsp3) is 0.714.